The van der Waals surface area contributed by atoms with E-state index >= 15 is 0 Å². The number of hydrogen-bond donors (Lipinski definition) is 1. The van der Waals surface area contributed by atoms with E-state index in [1.54, 1.807) is 20.8 Å². The van der Waals surface area contributed by atoms with E-state index in [0.29, 0.717) is 0 Å². The summed E-state index contributed by atoms with van der Waals surface area (Å²) in [6.07, 6.45) is 0. The zero-order valence-corrected chi connectivity index (χ0v) is 19.3. The fraction of sp³-hybridized carbons (Fsp3) is 0.421. The molecule has 1 fully saturated rings. The number of piperazine rings is 1. The molecular weight excluding hydrogens is 468 g/mol. The molecule has 13 heteroatoms. The normalized spacial score (nSPS) is 16.3. The number of carbonyl (C=O) groups is 1. The van der Waals surface area contributed by atoms with Crippen LogP contribution < -0.4 is 4.72 Å². The summed E-state index contributed by atoms with van der Waals surface area (Å²) in [5.41, 5.74) is -0.755. The van der Waals surface area contributed by atoms with Gasteiger partial charge in [-0.15, -0.1) is 0 Å². The molecule has 0 bridgehead atoms. The van der Waals surface area contributed by atoms with Crippen molar-refractivity contribution in [1.29, 1.82) is 0 Å². The molecule has 0 spiro atoms. The highest BCUT2D eigenvalue weighted by atomic mass is 32.2. The highest BCUT2D eigenvalue weighted by Crippen LogP contribution is 2.24. The molecule has 1 amide bonds. The van der Waals surface area contributed by atoms with Crippen LogP contribution in [0, 0.1) is 11.6 Å². The van der Waals surface area contributed by atoms with Crippen molar-refractivity contribution in [3.63, 3.8) is 0 Å². The maximum atomic E-state index is 14.0. The number of nitrogens with zero attached hydrogens (tertiary/aromatic N) is 2. The number of nitrogens with one attached hydrogen (secondary N) is 1. The molecule has 0 unspecified atom stereocenters. The lowest BCUT2D eigenvalue weighted by molar-refractivity contribution is 0.0660. The zero-order chi connectivity index (χ0) is 23.9. The molecule has 2 aromatic rings. The average molecular weight is 492 g/mol. The molecule has 1 aliphatic rings. The second-order valence-electron chi connectivity index (χ2n) is 8.22. The fourth-order valence-corrected chi connectivity index (χ4v) is 6.06. The molecule has 2 heterocycles. The van der Waals surface area contributed by atoms with Gasteiger partial charge in [0.25, 0.3) is 15.9 Å². The Morgan fingerprint density at radius 3 is 2.06 bits per heavy atom. The van der Waals surface area contributed by atoms with Crippen LogP contribution in [0.25, 0.3) is 0 Å². The lowest BCUT2D eigenvalue weighted by Gasteiger charge is -2.33. The van der Waals surface area contributed by atoms with Gasteiger partial charge in [-0.2, -0.15) is 4.31 Å². The largest absolute Gasteiger partial charge is 0.438 e. The summed E-state index contributed by atoms with van der Waals surface area (Å²) in [6, 6.07) is 5.15. The van der Waals surface area contributed by atoms with Crippen LogP contribution in [0.15, 0.2) is 44.7 Å². The Morgan fingerprint density at radius 2 is 1.53 bits per heavy atom. The van der Waals surface area contributed by atoms with Gasteiger partial charge < -0.3 is 9.32 Å². The summed E-state index contributed by atoms with van der Waals surface area (Å²) in [7, 11) is -8.41. The maximum Gasteiger partial charge on any atom is 0.289 e. The topological polar surface area (TPSA) is 117 Å². The van der Waals surface area contributed by atoms with Gasteiger partial charge in [0.1, 0.15) is 11.6 Å². The van der Waals surface area contributed by atoms with Gasteiger partial charge in [0.2, 0.25) is 15.1 Å². The summed E-state index contributed by atoms with van der Waals surface area (Å²) in [5.74, 6) is -3.25. The molecule has 0 atom stereocenters. The van der Waals surface area contributed by atoms with E-state index in [-0.39, 0.29) is 31.9 Å². The highest BCUT2D eigenvalue weighted by molar-refractivity contribution is 7.89. The third-order valence-electron chi connectivity index (χ3n) is 4.54. The first-order valence-corrected chi connectivity index (χ1v) is 12.5. The molecule has 0 saturated carbocycles. The molecular formula is C19H23F2N3O6S2. The molecule has 1 aromatic heterocycles. The Kier molecular flexibility index (Phi) is 6.48. The van der Waals surface area contributed by atoms with E-state index in [4.69, 9.17) is 4.42 Å². The Bertz CT molecular complexity index is 1210. The molecule has 0 radical (unpaired) electrons. The number of rotatable bonds is 5. The number of hydrogen-bond acceptors (Lipinski definition) is 6. The lowest BCUT2D eigenvalue weighted by atomic mass is 10.1. The van der Waals surface area contributed by atoms with Crippen LogP contribution >= 0.6 is 0 Å². The summed E-state index contributed by atoms with van der Waals surface area (Å²) in [4.78, 5) is 12.9. The second kappa shape index (κ2) is 8.54. The lowest BCUT2D eigenvalue weighted by Crippen LogP contribution is -2.50. The molecule has 0 aliphatic carbocycles. The van der Waals surface area contributed by atoms with Crippen molar-refractivity contribution in [1.82, 2.24) is 13.9 Å². The molecule has 1 aliphatic heterocycles. The zero-order valence-electron chi connectivity index (χ0n) is 17.6. The average Bonchev–Trinajstić information content (AvgIpc) is 3.16. The standard InChI is InChI=1S/C19H23F2N3O6S2/c1-19(2,3)22-31(26,27)16-8-7-15(30-16)18(25)23-9-11-24(12-10-23)32(28,29)17-13(20)5-4-6-14(17)21/h4-8,22H,9-12H2,1-3H3. The monoisotopic (exact) mass is 491 g/mol. The van der Waals surface area contributed by atoms with Gasteiger partial charge in [-0.1, -0.05) is 6.07 Å². The third kappa shape index (κ3) is 5.00. The number of benzene rings is 1. The van der Waals surface area contributed by atoms with E-state index < -0.39 is 53.1 Å². The summed E-state index contributed by atoms with van der Waals surface area (Å²) >= 11 is 0. The van der Waals surface area contributed by atoms with Crippen LogP contribution in [0.4, 0.5) is 8.78 Å². The Hall–Kier alpha value is -2.35. The molecule has 1 N–H and O–H groups in total. The van der Waals surface area contributed by atoms with Crippen molar-refractivity contribution in [3.8, 4) is 0 Å². The number of sulfonamides is 2. The summed E-state index contributed by atoms with van der Waals surface area (Å²) in [6.45, 7) is 4.42. The number of furan rings is 1. The Balaban J connectivity index is 1.71. The smallest absolute Gasteiger partial charge is 0.289 e. The van der Waals surface area contributed by atoms with Crippen molar-refractivity contribution >= 4 is 26.0 Å². The van der Waals surface area contributed by atoms with Crippen molar-refractivity contribution < 1.29 is 34.8 Å². The van der Waals surface area contributed by atoms with Crippen molar-refractivity contribution in [2.24, 2.45) is 0 Å². The predicted octanol–water partition coefficient (Wildman–Crippen LogP) is 1.78. The quantitative estimate of drug-likeness (QED) is 0.682. The van der Waals surface area contributed by atoms with Gasteiger partial charge >= 0.3 is 0 Å². The number of amides is 1. The number of carbonyl (C=O) groups excluding carboxylic acids is 1. The minimum Gasteiger partial charge on any atom is -0.438 e. The third-order valence-corrected chi connectivity index (χ3v) is 8.12. The van der Waals surface area contributed by atoms with Crippen LogP contribution in [-0.2, 0) is 20.0 Å². The minimum atomic E-state index is -4.44. The number of halogens is 2. The molecule has 32 heavy (non-hydrogen) atoms. The predicted molar refractivity (Wildman–Crippen MR) is 110 cm³/mol. The molecule has 3 rings (SSSR count). The van der Waals surface area contributed by atoms with Crippen molar-refractivity contribution in [3.05, 3.63) is 47.7 Å². The molecule has 1 aromatic carbocycles. The summed E-state index contributed by atoms with van der Waals surface area (Å²) < 4.78 is 86.4. The van der Waals surface area contributed by atoms with Crippen LogP contribution in [0.3, 0.4) is 0 Å². The van der Waals surface area contributed by atoms with Gasteiger partial charge in [0.05, 0.1) is 0 Å². The van der Waals surface area contributed by atoms with Crippen LogP contribution in [0.2, 0.25) is 0 Å². The van der Waals surface area contributed by atoms with E-state index in [0.717, 1.165) is 28.6 Å². The van der Waals surface area contributed by atoms with Gasteiger partial charge in [-0.3, -0.25) is 4.79 Å². The van der Waals surface area contributed by atoms with Gasteiger partial charge in [-0.25, -0.2) is 30.3 Å². The molecule has 1 saturated heterocycles. The van der Waals surface area contributed by atoms with E-state index in [2.05, 4.69) is 4.72 Å². The van der Waals surface area contributed by atoms with Crippen molar-refractivity contribution in [2.45, 2.75) is 36.3 Å². The first-order valence-electron chi connectivity index (χ1n) is 9.60. The van der Waals surface area contributed by atoms with E-state index in [1.165, 1.54) is 11.0 Å². The van der Waals surface area contributed by atoms with Gasteiger partial charge in [0.15, 0.2) is 10.7 Å². The molecule has 9 nitrogen and oxygen atoms in total. The fourth-order valence-electron chi connectivity index (χ4n) is 3.18. The SMILES string of the molecule is CC(C)(C)NS(=O)(=O)c1ccc(C(=O)N2CCN(S(=O)(=O)c3c(F)cccc3F)CC2)o1. The minimum absolute atomic E-state index is 0.0723. The Morgan fingerprint density at radius 1 is 0.969 bits per heavy atom. The first-order chi connectivity index (χ1) is 14.7. The highest BCUT2D eigenvalue weighted by Gasteiger charge is 2.35. The maximum absolute atomic E-state index is 14.0. The van der Waals surface area contributed by atoms with Crippen LogP contribution in [-0.4, -0.2) is 63.7 Å². The van der Waals surface area contributed by atoms with Crippen molar-refractivity contribution in [2.75, 3.05) is 26.2 Å². The van der Waals surface area contributed by atoms with Gasteiger partial charge in [-0.05, 0) is 45.0 Å². The van der Waals surface area contributed by atoms with Crippen LogP contribution in [0.5, 0.6) is 0 Å². The Labute approximate surface area is 185 Å². The summed E-state index contributed by atoms with van der Waals surface area (Å²) in [5, 5.41) is -0.424. The first kappa shape index (κ1) is 24.3. The van der Waals surface area contributed by atoms with E-state index in [1.807, 2.05) is 0 Å². The van der Waals surface area contributed by atoms with Gasteiger partial charge in [0, 0.05) is 31.7 Å². The second-order valence-corrected chi connectivity index (χ2v) is 11.7. The van der Waals surface area contributed by atoms with Crippen LogP contribution in [0.1, 0.15) is 31.3 Å². The van der Waals surface area contributed by atoms with E-state index in [9.17, 15) is 30.4 Å². The molecule has 176 valence electrons.